The summed E-state index contributed by atoms with van der Waals surface area (Å²) in [6.45, 7) is 4.51. The molecule has 0 unspecified atom stereocenters. The van der Waals surface area contributed by atoms with Gasteiger partial charge in [0.1, 0.15) is 5.69 Å². The zero-order valence-electron chi connectivity index (χ0n) is 10.7. The van der Waals surface area contributed by atoms with Crippen molar-refractivity contribution in [3.63, 3.8) is 0 Å². The number of nitrogens with one attached hydrogen (secondary N) is 2. The summed E-state index contributed by atoms with van der Waals surface area (Å²) in [6, 6.07) is 1.60. The van der Waals surface area contributed by atoms with Crippen molar-refractivity contribution in [1.29, 1.82) is 0 Å². The van der Waals surface area contributed by atoms with Gasteiger partial charge in [0, 0.05) is 19.2 Å². The third-order valence-corrected chi connectivity index (χ3v) is 2.85. The lowest BCUT2D eigenvalue weighted by atomic mass is 9.84. The zero-order chi connectivity index (χ0) is 13.6. The van der Waals surface area contributed by atoms with Crippen molar-refractivity contribution < 1.29 is 14.7 Å². The van der Waals surface area contributed by atoms with Gasteiger partial charge in [0.2, 0.25) is 0 Å². The topological polar surface area (TPSA) is 95.1 Å². The molecule has 1 amide bonds. The van der Waals surface area contributed by atoms with E-state index in [1.165, 1.54) is 6.20 Å². The first-order valence-electron chi connectivity index (χ1n) is 5.90. The normalized spacial score (nSPS) is 11.2. The largest absolute Gasteiger partial charge is 0.481 e. The zero-order valence-corrected chi connectivity index (χ0v) is 10.7. The Kier molecular flexibility index (Phi) is 4.88. The molecule has 0 saturated heterocycles. The standard InChI is InChI=1S/C12H19N3O3/c1-12(2,5-3-10(16)17)6-8-13-11(18)9-4-7-14-15-9/h4,7H,3,5-6,8H2,1-2H3,(H,13,18)(H,14,15)(H,16,17). The SMILES string of the molecule is CC(C)(CCNC(=O)c1ccn[nH]1)CCC(=O)O. The Morgan fingerprint density at radius 3 is 2.72 bits per heavy atom. The number of H-pyrrole nitrogens is 1. The molecule has 0 aromatic carbocycles. The molecule has 0 atom stereocenters. The molecule has 0 radical (unpaired) electrons. The molecule has 0 aliphatic rings. The molecule has 0 aliphatic heterocycles. The molecule has 1 heterocycles. The molecule has 1 aromatic heterocycles. The summed E-state index contributed by atoms with van der Waals surface area (Å²) >= 11 is 0. The van der Waals surface area contributed by atoms with Crippen LogP contribution in [0.2, 0.25) is 0 Å². The van der Waals surface area contributed by atoms with Crippen LogP contribution in [0, 0.1) is 5.41 Å². The van der Waals surface area contributed by atoms with Gasteiger partial charge in [0.25, 0.3) is 5.91 Å². The first-order valence-corrected chi connectivity index (χ1v) is 5.90. The smallest absolute Gasteiger partial charge is 0.303 e. The summed E-state index contributed by atoms with van der Waals surface area (Å²) < 4.78 is 0. The Hall–Kier alpha value is -1.85. The number of hydrogen-bond donors (Lipinski definition) is 3. The van der Waals surface area contributed by atoms with E-state index in [9.17, 15) is 9.59 Å². The molecule has 1 rings (SSSR count). The van der Waals surface area contributed by atoms with Crippen molar-refractivity contribution in [2.45, 2.75) is 33.1 Å². The van der Waals surface area contributed by atoms with Crippen molar-refractivity contribution >= 4 is 11.9 Å². The van der Waals surface area contributed by atoms with Gasteiger partial charge in [-0.1, -0.05) is 13.8 Å². The maximum Gasteiger partial charge on any atom is 0.303 e. The molecule has 6 nitrogen and oxygen atoms in total. The van der Waals surface area contributed by atoms with E-state index in [4.69, 9.17) is 5.11 Å². The lowest BCUT2D eigenvalue weighted by molar-refractivity contribution is -0.137. The molecule has 0 aliphatic carbocycles. The van der Waals surface area contributed by atoms with Gasteiger partial charge in [-0.3, -0.25) is 14.7 Å². The number of rotatable bonds is 7. The highest BCUT2D eigenvalue weighted by molar-refractivity contribution is 5.92. The molecule has 1 aromatic rings. The van der Waals surface area contributed by atoms with Gasteiger partial charge < -0.3 is 10.4 Å². The van der Waals surface area contributed by atoms with Crippen LogP contribution in [0.4, 0.5) is 0 Å². The van der Waals surface area contributed by atoms with Gasteiger partial charge in [-0.05, 0) is 24.3 Å². The van der Waals surface area contributed by atoms with Crippen LogP contribution in [0.25, 0.3) is 0 Å². The Morgan fingerprint density at radius 2 is 2.17 bits per heavy atom. The number of carboxylic acids is 1. The number of aromatic nitrogens is 2. The van der Waals surface area contributed by atoms with Crippen molar-refractivity contribution in [3.8, 4) is 0 Å². The highest BCUT2D eigenvalue weighted by Gasteiger charge is 2.19. The van der Waals surface area contributed by atoms with Crippen molar-refractivity contribution in [3.05, 3.63) is 18.0 Å². The number of aliphatic carboxylic acids is 1. The molecule has 6 heteroatoms. The van der Waals surface area contributed by atoms with Crippen molar-refractivity contribution in [1.82, 2.24) is 15.5 Å². The average molecular weight is 253 g/mol. The highest BCUT2D eigenvalue weighted by Crippen LogP contribution is 2.25. The molecule has 18 heavy (non-hydrogen) atoms. The maximum atomic E-state index is 11.6. The third-order valence-electron chi connectivity index (χ3n) is 2.85. The van der Waals surface area contributed by atoms with Crippen LogP contribution in [-0.2, 0) is 4.79 Å². The first kappa shape index (κ1) is 14.2. The van der Waals surface area contributed by atoms with Crippen LogP contribution in [-0.4, -0.2) is 33.7 Å². The maximum absolute atomic E-state index is 11.6. The summed E-state index contributed by atoms with van der Waals surface area (Å²) in [6.07, 6.45) is 3.01. The van der Waals surface area contributed by atoms with Crippen molar-refractivity contribution in [2.24, 2.45) is 5.41 Å². The van der Waals surface area contributed by atoms with E-state index in [-0.39, 0.29) is 17.7 Å². The van der Waals surface area contributed by atoms with E-state index in [0.29, 0.717) is 18.7 Å². The average Bonchev–Trinajstić information content (AvgIpc) is 2.79. The summed E-state index contributed by atoms with van der Waals surface area (Å²) in [4.78, 5) is 22.1. The minimum absolute atomic E-state index is 0.0976. The summed E-state index contributed by atoms with van der Waals surface area (Å²) in [5, 5.41) is 17.7. The molecular formula is C12H19N3O3. The van der Waals surface area contributed by atoms with Gasteiger partial charge in [0.05, 0.1) is 0 Å². The summed E-state index contributed by atoms with van der Waals surface area (Å²) in [7, 11) is 0. The number of aromatic amines is 1. The molecular weight excluding hydrogens is 234 g/mol. The van der Waals surface area contributed by atoms with Crippen LogP contribution in [0.5, 0.6) is 0 Å². The number of carboxylic acid groups (broad SMARTS) is 1. The number of carbonyl (C=O) groups is 2. The Morgan fingerprint density at radius 1 is 1.44 bits per heavy atom. The van der Waals surface area contributed by atoms with Crippen LogP contribution in [0.3, 0.4) is 0 Å². The lowest BCUT2D eigenvalue weighted by Crippen LogP contribution is -2.28. The first-order chi connectivity index (χ1) is 8.41. The molecule has 0 fully saturated rings. The molecule has 3 N–H and O–H groups in total. The van der Waals surface area contributed by atoms with E-state index in [0.717, 1.165) is 6.42 Å². The second kappa shape index (κ2) is 6.18. The predicted molar refractivity (Wildman–Crippen MR) is 66.2 cm³/mol. The monoisotopic (exact) mass is 253 g/mol. The Bertz CT molecular complexity index is 399. The number of carbonyl (C=O) groups excluding carboxylic acids is 1. The fraction of sp³-hybridized carbons (Fsp3) is 0.583. The van der Waals surface area contributed by atoms with E-state index in [1.807, 2.05) is 13.8 Å². The number of nitrogens with zero attached hydrogens (tertiary/aromatic N) is 1. The highest BCUT2D eigenvalue weighted by atomic mass is 16.4. The van der Waals surface area contributed by atoms with Crippen LogP contribution >= 0.6 is 0 Å². The van der Waals surface area contributed by atoms with Crippen LogP contribution in [0.1, 0.15) is 43.6 Å². The van der Waals surface area contributed by atoms with Gasteiger partial charge in [0.15, 0.2) is 0 Å². The van der Waals surface area contributed by atoms with Crippen LogP contribution in [0.15, 0.2) is 12.3 Å². The van der Waals surface area contributed by atoms with Gasteiger partial charge in [-0.25, -0.2) is 0 Å². The molecule has 0 saturated carbocycles. The van der Waals surface area contributed by atoms with Gasteiger partial charge >= 0.3 is 5.97 Å². The third kappa shape index (κ3) is 4.99. The predicted octanol–water partition coefficient (Wildman–Crippen LogP) is 1.42. The number of amides is 1. The molecule has 0 spiro atoms. The Labute approximate surface area is 106 Å². The quantitative estimate of drug-likeness (QED) is 0.684. The Balaban J connectivity index is 2.28. The fourth-order valence-corrected chi connectivity index (χ4v) is 1.56. The van der Waals surface area contributed by atoms with Gasteiger partial charge in [-0.15, -0.1) is 0 Å². The minimum atomic E-state index is -0.787. The lowest BCUT2D eigenvalue weighted by Gasteiger charge is -2.23. The van der Waals surface area contributed by atoms with E-state index in [1.54, 1.807) is 6.07 Å². The number of hydrogen-bond acceptors (Lipinski definition) is 3. The fourth-order valence-electron chi connectivity index (χ4n) is 1.56. The van der Waals surface area contributed by atoms with E-state index in [2.05, 4.69) is 15.5 Å². The molecule has 100 valence electrons. The van der Waals surface area contributed by atoms with E-state index < -0.39 is 5.97 Å². The second-order valence-corrected chi connectivity index (χ2v) is 5.03. The van der Waals surface area contributed by atoms with Crippen molar-refractivity contribution in [2.75, 3.05) is 6.54 Å². The molecule has 0 bridgehead atoms. The summed E-state index contributed by atoms with van der Waals surface area (Å²) in [5.74, 6) is -0.980. The minimum Gasteiger partial charge on any atom is -0.481 e. The van der Waals surface area contributed by atoms with E-state index >= 15 is 0 Å². The summed E-state index contributed by atoms with van der Waals surface area (Å²) in [5.41, 5.74) is 0.331. The van der Waals surface area contributed by atoms with Crippen LogP contribution < -0.4 is 5.32 Å². The van der Waals surface area contributed by atoms with Gasteiger partial charge in [-0.2, -0.15) is 5.10 Å². The second-order valence-electron chi connectivity index (χ2n) is 5.03.